The highest BCUT2D eigenvalue weighted by molar-refractivity contribution is 7.12. The Hall–Kier alpha value is -1.81. The summed E-state index contributed by atoms with van der Waals surface area (Å²) in [5.74, 6) is 1.83. The third-order valence-corrected chi connectivity index (χ3v) is 4.48. The Labute approximate surface area is 142 Å². The SMILES string of the molecule is CC(C)CNC(=O)c1cc(COc2ccc(C(C)C)cc2)cs1. The van der Waals surface area contributed by atoms with Crippen molar-refractivity contribution in [3.63, 3.8) is 0 Å². The largest absolute Gasteiger partial charge is 0.489 e. The fourth-order valence-corrected chi connectivity index (χ4v) is 2.88. The topological polar surface area (TPSA) is 38.3 Å². The standard InChI is InChI=1S/C19H25NO2S/c1-13(2)10-20-19(21)18-9-15(12-23-18)11-22-17-7-5-16(6-8-17)14(3)4/h5-9,12-14H,10-11H2,1-4H3,(H,20,21). The second-order valence-corrected chi connectivity index (χ2v) is 7.35. The Morgan fingerprint density at radius 2 is 1.87 bits per heavy atom. The molecule has 1 heterocycles. The van der Waals surface area contributed by atoms with Gasteiger partial charge in [0.2, 0.25) is 0 Å². The fraction of sp³-hybridized carbons (Fsp3) is 0.421. The normalized spacial score (nSPS) is 11.0. The van der Waals surface area contributed by atoms with Crippen molar-refractivity contribution in [2.75, 3.05) is 6.54 Å². The van der Waals surface area contributed by atoms with Crippen LogP contribution in [0.4, 0.5) is 0 Å². The van der Waals surface area contributed by atoms with Crippen LogP contribution in [0, 0.1) is 5.92 Å². The van der Waals surface area contributed by atoms with E-state index in [1.807, 2.05) is 23.6 Å². The average Bonchev–Trinajstić information content (AvgIpc) is 3.00. The van der Waals surface area contributed by atoms with E-state index in [1.54, 1.807) is 0 Å². The van der Waals surface area contributed by atoms with Crippen LogP contribution in [0.1, 0.15) is 54.4 Å². The van der Waals surface area contributed by atoms with Crippen molar-refractivity contribution >= 4 is 17.2 Å². The number of carbonyl (C=O) groups is 1. The molecular formula is C19H25NO2S. The molecule has 0 unspecified atom stereocenters. The van der Waals surface area contributed by atoms with Crippen LogP contribution in [0.3, 0.4) is 0 Å². The van der Waals surface area contributed by atoms with E-state index in [1.165, 1.54) is 16.9 Å². The van der Waals surface area contributed by atoms with Gasteiger partial charge in [0.15, 0.2) is 0 Å². The maximum absolute atomic E-state index is 12.0. The number of carbonyl (C=O) groups excluding carboxylic acids is 1. The second-order valence-electron chi connectivity index (χ2n) is 6.44. The van der Waals surface area contributed by atoms with Crippen molar-refractivity contribution in [2.24, 2.45) is 5.92 Å². The van der Waals surface area contributed by atoms with Gasteiger partial charge < -0.3 is 10.1 Å². The average molecular weight is 331 g/mol. The van der Waals surface area contributed by atoms with Crippen molar-refractivity contribution in [3.05, 3.63) is 51.7 Å². The molecule has 2 rings (SSSR count). The van der Waals surface area contributed by atoms with Gasteiger partial charge in [-0.15, -0.1) is 11.3 Å². The van der Waals surface area contributed by atoms with Crippen LogP contribution in [-0.2, 0) is 6.61 Å². The number of benzene rings is 1. The Kier molecular flexibility index (Phi) is 6.22. The molecule has 4 heteroatoms. The number of nitrogens with one attached hydrogen (secondary N) is 1. The maximum atomic E-state index is 12.0. The van der Waals surface area contributed by atoms with Crippen LogP contribution in [-0.4, -0.2) is 12.5 Å². The monoisotopic (exact) mass is 331 g/mol. The number of amides is 1. The number of thiophene rings is 1. The van der Waals surface area contributed by atoms with E-state index in [0.29, 0.717) is 25.0 Å². The molecule has 1 N–H and O–H groups in total. The second kappa shape index (κ2) is 8.16. The third kappa shape index (κ3) is 5.39. The molecule has 0 saturated carbocycles. The van der Waals surface area contributed by atoms with Crippen molar-refractivity contribution in [3.8, 4) is 5.75 Å². The first-order valence-electron chi connectivity index (χ1n) is 8.04. The van der Waals surface area contributed by atoms with Gasteiger partial charge in [0.25, 0.3) is 5.91 Å². The van der Waals surface area contributed by atoms with Gasteiger partial charge in [-0.3, -0.25) is 4.79 Å². The predicted molar refractivity (Wildman–Crippen MR) is 96.4 cm³/mol. The first kappa shape index (κ1) is 17.5. The molecule has 1 aromatic carbocycles. The zero-order valence-corrected chi connectivity index (χ0v) is 15.1. The maximum Gasteiger partial charge on any atom is 0.261 e. The van der Waals surface area contributed by atoms with Gasteiger partial charge in [0, 0.05) is 12.1 Å². The molecule has 0 spiro atoms. The molecule has 0 saturated heterocycles. The molecule has 0 atom stereocenters. The zero-order valence-electron chi connectivity index (χ0n) is 14.3. The van der Waals surface area contributed by atoms with E-state index in [2.05, 4.69) is 45.1 Å². The summed E-state index contributed by atoms with van der Waals surface area (Å²) in [4.78, 5) is 12.7. The molecule has 124 valence electrons. The number of hydrogen-bond acceptors (Lipinski definition) is 3. The van der Waals surface area contributed by atoms with Crippen molar-refractivity contribution < 1.29 is 9.53 Å². The number of hydrogen-bond donors (Lipinski definition) is 1. The summed E-state index contributed by atoms with van der Waals surface area (Å²) < 4.78 is 5.79. The Bertz CT molecular complexity index is 629. The summed E-state index contributed by atoms with van der Waals surface area (Å²) in [6.07, 6.45) is 0. The Morgan fingerprint density at radius 1 is 1.17 bits per heavy atom. The van der Waals surface area contributed by atoms with Gasteiger partial charge >= 0.3 is 0 Å². The van der Waals surface area contributed by atoms with Gasteiger partial charge in [-0.2, -0.15) is 0 Å². The van der Waals surface area contributed by atoms with Gasteiger partial charge in [0.05, 0.1) is 4.88 Å². The smallest absolute Gasteiger partial charge is 0.261 e. The lowest BCUT2D eigenvalue weighted by atomic mass is 10.0. The lowest BCUT2D eigenvalue weighted by Gasteiger charge is -2.08. The van der Waals surface area contributed by atoms with Gasteiger partial charge in [0.1, 0.15) is 12.4 Å². The quantitative estimate of drug-likeness (QED) is 0.788. The van der Waals surface area contributed by atoms with Crippen molar-refractivity contribution in [1.29, 1.82) is 0 Å². The van der Waals surface area contributed by atoms with Crippen LogP contribution in [0.5, 0.6) is 5.75 Å². The van der Waals surface area contributed by atoms with Gasteiger partial charge in [-0.1, -0.05) is 39.8 Å². The van der Waals surface area contributed by atoms with E-state index in [0.717, 1.165) is 16.2 Å². The molecule has 0 bridgehead atoms. The lowest BCUT2D eigenvalue weighted by molar-refractivity contribution is 0.0953. The molecule has 1 amide bonds. The highest BCUT2D eigenvalue weighted by atomic mass is 32.1. The van der Waals surface area contributed by atoms with Crippen molar-refractivity contribution in [2.45, 2.75) is 40.2 Å². The first-order chi connectivity index (χ1) is 11.0. The van der Waals surface area contributed by atoms with E-state index in [9.17, 15) is 4.79 Å². The van der Waals surface area contributed by atoms with Crippen LogP contribution >= 0.6 is 11.3 Å². The molecule has 23 heavy (non-hydrogen) atoms. The predicted octanol–water partition coefficient (Wildman–Crippen LogP) is 4.84. The molecule has 3 nitrogen and oxygen atoms in total. The minimum absolute atomic E-state index is 0.00348. The summed E-state index contributed by atoms with van der Waals surface area (Å²) in [5.41, 5.74) is 2.33. The molecule has 2 aromatic rings. The number of ether oxygens (including phenoxy) is 1. The molecule has 1 aromatic heterocycles. The first-order valence-corrected chi connectivity index (χ1v) is 8.92. The molecule has 0 aliphatic carbocycles. The zero-order chi connectivity index (χ0) is 16.8. The highest BCUT2D eigenvalue weighted by Crippen LogP contribution is 2.21. The van der Waals surface area contributed by atoms with Crippen LogP contribution < -0.4 is 10.1 Å². The molecule has 0 radical (unpaired) electrons. The summed E-state index contributed by atoms with van der Waals surface area (Å²) in [6.45, 7) is 9.69. The molecular weight excluding hydrogens is 306 g/mol. The van der Waals surface area contributed by atoms with Crippen LogP contribution in [0.25, 0.3) is 0 Å². The summed E-state index contributed by atoms with van der Waals surface area (Å²) >= 11 is 1.46. The van der Waals surface area contributed by atoms with E-state index in [-0.39, 0.29) is 5.91 Å². The van der Waals surface area contributed by atoms with E-state index < -0.39 is 0 Å². The minimum Gasteiger partial charge on any atom is -0.489 e. The molecule has 0 aliphatic heterocycles. The summed E-state index contributed by atoms with van der Waals surface area (Å²) in [7, 11) is 0. The summed E-state index contributed by atoms with van der Waals surface area (Å²) in [5, 5.41) is 4.91. The minimum atomic E-state index is -0.00348. The summed E-state index contributed by atoms with van der Waals surface area (Å²) in [6, 6.07) is 10.1. The molecule has 0 aliphatic rings. The fourth-order valence-electron chi connectivity index (χ4n) is 2.07. The molecule has 0 fully saturated rings. The van der Waals surface area contributed by atoms with Gasteiger partial charge in [-0.05, 0) is 41.0 Å². The lowest BCUT2D eigenvalue weighted by Crippen LogP contribution is -2.26. The number of rotatable bonds is 7. The highest BCUT2D eigenvalue weighted by Gasteiger charge is 2.10. The Balaban J connectivity index is 1.88. The van der Waals surface area contributed by atoms with Crippen molar-refractivity contribution in [1.82, 2.24) is 5.32 Å². The van der Waals surface area contributed by atoms with E-state index in [4.69, 9.17) is 4.74 Å². The van der Waals surface area contributed by atoms with Gasteiger partial charge in [-0.25, -0.2) is 0 Å². The third-order valence-electron chi connectivity index (χ3n) is 3.50. The van der Waals surface area contributed by atoms with Crippen LogP contribution in [0.2, 0.25) is 0 Å². The van der Waals surface area contributed by atoms with E-state index >= 15 is 0 Å². The van der Waals surface area contributed by atoms with Crippen LogP contribution in [0.15, 0.2) is 35.7 Å². The Morgan fingerprint density at radius 3 is 2.48 bits per heavy atom.